The van der Waals surface area contributed by atoms with Gasteiger partial charge in [0.05, 0.1) is 5.56 Å². The summed E-state index contributed by atoms with van der Waals surface area (Å²) in [5.41, 5.74) is 0.261. The van der Waals surface area contributed by atoms with Crippen LogP contribution in [0.15, 0.2) is 24.3 Å². The van der Waals surface area contributed by atoms with Crippen LogP contribution in [-0.4, -0.2) is 16.1 Å². The van der Waals surface area contributed by atoms with Crippen molar-refractivity contribution in [2.24, 2.45) is 7.05 Å². The molecule has 1 fully saturated rings. The molecule has 27 heavy (non-hydrogen) atoms. The zero-order valence-corrected chi connectivity index (χ0v) is 21.3. The Morgan fingerprint density at radius 3 is 2.22 bits per heavy atom. The Morgan fingerprint density at radius 2 is 1.78 bits per heavy atom. The van der Waals surface area contributed by atoms with Crippen LogP contribution < -0.4 is 0 Å². The zero-order valence-electron chi connectivity index (χ0n) is 14.7. The van der Waals surface area contributed by atoms with Crippen molar-refractivity contribution in [2.45, 2.75) is 50.7 Å². The first-order valence-electron chi connectivity index (χ1n) is 8.50. The van der Waals surface area contributed by atoms with Crippen molar-refractivity contribution in [3.63, 3.8) is 0 Å². The average Bonchev–Trinajstić information content (AvgIpc) is 2.94. The maximum atomic E-state index is 12.2. The Bertz CT molecular complexity index is 766. The third-order valence-corrected chi connectivity index (χ3v) is 6.02. The maximum absolute atomic E-state index is 12.2. The van der Waals surface area contributed by atoms with Crippen molar-refractivity contribution in [2.75, 3.05) is 0 Å². The van der Waals surface area contributed by atoms with Gasteiger partial charge in [-0.05, 0) is 17.7 Å². The van der Waals surface area contributed by atoms with E-state index >= 15 is 0 Å². The van der Waals surface area contributed by atoms with E-state index in [1.54, 1.807) is 0 Å². The fourth-order valence-electron chi connectivity index (χ4n) is 2.90. The molecule has 0 atom stereocenters. The van der Waals surface area contributed by atoms with E-state index in [0.717, 1.165) is 21.5 Å². The van der Waals surface area contributed by atoms with E-state index in [0.29, 0.717) is 12.5 Å². The number of hydrogen-bond donors (Lipinski definition) is 1. The van der Waals surface area contributed by atoms with E-state index < -0.39 is 11.7 Å². The molecule has 0 bridgehead atoms. The third-order valence-electron chi connectivity index (χ3n) is 4.32. The minimum Gasteiger partial charge on any atom is -0.184 e. The zero-order chi connectivity index (χ0) is 20.0. The van der Waals surface area contributed by atoms with Gasteiger partial charge in [-0.3, -0.25) is 0 Å². The maximum Gasteiger partial charge on any atom is 0.416 e. The number of aromatic nitrogens is 3. The van der Waals surface area contributed by atoms with Crippen LogP contribution in [0.1, 0.15) is 55.0 Å². The summed E-state index contributed by atoms with van der Waals surface area (Å²) in [4.78, 5) is 4.53. The Morgan fingerprint density at radius 1 is 1.19 bits per heavy atom. The molecule has 0 unspecified atom stereocenters. The van der Waals surface area contributed by atoms with Crippen LogP contribution in [0.3, 0.4) is 0 Å². The number of aromatic amines is 1. The number of benzene rings is 1. The van der Waals surface area contributed by atoms with Gasteiger partial charge in [-0.25, -0.2) is 0 Å². The second kappa shape index (κ2) is 10.9. The number of halogens is 5. The van der Waals surface area contributed by atoms with Gasteiger partial charge in [0.15, 0.2) is 0 Å². The molecular formula is C17H21F3I2N4Pt. The van der Waals surface area contributed by atoms with Gasteiger partial charge >= 0.3 is 95.0 Å². The topological polar surface area (TPSA) is 36.9 Å². The van der Waals surface area contributed by atoms with Gasteiger partial charge in [0, 0.05) is 52.3 Å². The summed E-state index contributed by atoms with van der Waals surface area (Å²) in [5, 5.41) is 3.31. The molecule has 1 aromatic heterocycles. The second-order valence-corrected chi connectivity index (χ2v) is 11.6. The Hall–Kier alpha value is 0.258. The molecule has 1 N–H and O–H groups in total. The largest absolute Gasteiger partial charge is 0.416 e. The Kier molecular flexibility index (Phi) is 9.48. The molecule has 0 aliphatic heterocycles. The van der Waals surface area contributed by atoms with Gasteiger partial charge in [0.2, 0.25) is 0 Å². The molecule has 0 spiro atoms. The monoisotopic (exact) mass is 787 g/mol. The van der Waals surface area contributed by atoms with E-state index in [-0.39, 0.29) is 0 Å². The summed E-state index contributed by atoms with van der Waals surface area (Å²) in [6.45, 7) is 0.624. The normalized spacial score (nSPS) is 15.6. The van der Waals surface area contributed by atoms with Crippen LogP contribution >= 0.6 is 45.7 Å². The minimum atomic E-state index is -4.24. The Balaban J connectivity index is 0.000000194. The molecule has 1 aromatic carbocycles. The summed E-state index contributed by atoms with van der Waals surface area (Å²) in [6.07, 6.45) is 2.51. The fourth-order valence-corrected chi connectivity index (χ4v) is 4.09. The van der Waals surface area contributed by atoms with Gasteiger partial charge in [-0.15, -0.1) is 0 Å². The molecule has 0 amide bonds. The van der Waals surface area contributed by atoms with E-state index in [4.69, 9.17) is 0 Å². The molecule has 10 heteroatoms. The van der Waals surface area contributed by atoms with Gasteiger partial charge < -0.3 is 0 Å². The van der Waals surface area contributed by atoms with Crippen LogP contribution in [0.5, 0.6) is 0 Å². The van der Waals surface area contributed by atoms with Crippen LogP contribution in [0.4, 0.5) is 13.2 Å². The predicted octanol–water partition coefficient (Wildman–Crippen LogP) is 6.08. The molecule has 4 nitrogen and oxygen atoms in total. The SMILES string of the molecule is Cn1[nH]c(C2CCCCC2)n[c]1=[Pt].FC(F)(F)c1ccc(CN(I)I)cc1. The number of H-pyrrole nitrogens is 1. The van der Waals surface area contributed by atoms with E-state index in [2.05, 4.69) is 75.2 Å². The molecular weight excluding hydrogens is 766 g/mol. The van der Waals surface area contributed by atoms with E-state index in [1.165, 1.54) is 50.1 Å². The van der Waals surface area contributed by atoms with Gasteiger partial charge in [0.25, 0.3) is 0 Å². The van der Waals surface area contributed by atoms with Gasteiger partial charge in [-0.1, -0.05) is 12.1 Å². The third kappa shape index (κ3) is 7.89. The van der Waals surface area contributed by atoms with E-state index in [9.17, 15) is 13.2 Å². The van der Waals surface area contributed by atoms with Crippen molar-refractivity contribution in [3.8, 4) is 0 Å². The smallest absolute Gasteiger partial charge is 0.184 e. The molecule has 3 rings (SSSR count). The average molecular weight is 787 g/mol. The van der Waals surface area contributed by atoms with Crippen LogP contribution in [0, 0.1) is 3.80 Å². The number of rotatable bonds is 3. The molecule has 0 saturated heterocycles. The second-order valence-electron chi connectivity index (χ2n) is 6.40. The summed E-state index contributed by atoms with van der Waals surface area (Å²) in [5.74, 6) is 1.87. The number of alkyl halides is 3. The van der Waals surface area contributed by atoms with Crippen molar-refractivity contribution < 1.29 is 32.5 Å². The van der Waals surface area contributed by atoms with Crippen molar-refractivity contribution >= 4 is 45.7 Å². The number of hydrogen-bond acceptors (Lipinski definition) is 2. The van der Waals surface area contributed by atoms with Crippen LogP contribution in [0.25, 0.3) is 0 Å². The predicted molar refractivity (Wildman–Crippen MR) is 112 cm³/mol. The first-order valence-corrected chi connectivity index (χ1v) is 11.6. The van der Waals surface area contributed by atoms with Crippen molar-refractivity contribution in [3.05, 3.63) is 45.0 Å². The summed E-state index contributed by atoms with van der Waals surface area (Å²) in [7, 11) is 2.02. The molecule has 0 radical (unpaired) electrons. The number of aryl methyl sites for hydroxylation is 1. The summed E-state index contributed by atoms with van der Waals surface area (Å²) in [6, 6.07) is 5.19. The standard InChI is InChI=1S/C9H15N3.C8H6F3I2N.Pt/c1-12-7-10-9(11-12)8-5-3-2-4-6-8;9-8(10,11)7-3-1-6(2-4-7)5-14(12)13;/h8H,2-6H2,1H3,(H,10,11);1-4H,5H2;. The Labute approximate surface area is 195 Å². The molecule has 1 heterocycles. The molecule has 154 valence electrons. The molecule has 1 aliphatic carbocycles. The van der Waals surface area contributed by atoms with Gasteiger partial charge in [-0.2, -0.15) is 14.5 Å². The number of nitrogens with one attached hydrogen (secondary N) is 1. The first-order chi connectivity index (χ1) is 12.7. The van der Waals surface area contributed by atoms with Gasteiger partial charge in [0.1, 0.15) is 0 Å². The van der Waals surface area contributed by atoms with Crippen molar-refractivity contribution in [1.82, 2.24) is 16.1 Å². The van der Waals surface area contributed by atoms with E-state index in [1.807, 2.05) is 13.1 Å². The molecule has 1 saturated carbocycles. The quantitative estimate of drug-likeness (QED) is 0.303. The minimum absolute atomic E-state index is 0.602. The number of nitrogens with zero attached hydrogens (tertiary/aromatic N) is 3. The van der Waals surface area contributed by atoms with Crippen molar-refractivity contribution in [1.29, 1.82) is 0 Å². The first kappa shape index (κ1) is 23.5. The fraction of sp³-hybridized carbons (Fsp3) is 0.529. The summed E-state index contributed by atoms with van der Waals surface area (Å²) < 4.78 is 41.4. The molecule has 1 aliphatic rings. The summed E-state index contributed by atoms with van der Waals surface area (Å²) >= 11 is 6.38. The van der Waals surface area contributed by atoms with Crippen LogP contribution in [0.2, 0.25) is 0 Å². The van der Waals surface area contributed by atoms with Crippen LogP contribution in [-0.2, 0) is 39.1 Å². The molecule has 2 aromatic rings.